The molecule has 1 fully saturated rings. The zero-order chi connectivity index (χ0) is 21.5. The van der Waals surface area contributed by atoms with E-state index in [-0.39, 0.29) is 30.2 Å². The Morgan fingerprint density at radius 1 is 1.03 bits per heavy atom. The molecule has 2 aromatic heterocycles. The van der Waals surface area contributed by atoms with Crippen molar-refractivity contribution in [3.05, 3.63) is 66.4 Å². The summed E-state index contributed by atoms with van der Waals surface area (Å²) in [5, 5.41) is 2.91. The molecule has 0 saturated carbocycles. The molecule has 1 aliphatic heterocycles. The first-order chi connectivity index (χ1) is 15.0. The lowest BCUT2D eigenvalue weighted by molar-refractivity contribution is -0.142. The van der Waals surface area contributed by atoms with Crippen LogP contribution in [0.1, 0.15) is 18.4 Å². The monoisotopic (exact) mass is 414 g/mol. The van der Waals surface area contributed by atoms with Crippen molar-refractivity contribution in [2.75, 3.05) is 11.9 Å². The molecule has 0 radical (unpaired) electrons. The van der Waals surface area contributed by atoms with E-state index in [1.807, 2.05) is 72.1 Å². The van der Waals surface area contributed by atoms with Crippen molar-refractivity contribution < 1.29 is 14.4 Å². The highest BCUT2D eigenvalue weighted by atomic mass is 16.2. The van der Waals surface area contributed by atoms with Gasteiger partial charge in [-0.25, -0.2) is 4.98 Å². The second-order valence-corrected chi connectivity index (χ2v) is 8.03. The van der Waals surface area contributed by atoms with Crippen LogP contribution in [-0.2, 0) is 14.4 Å². The summed E-state index contributed by atoms with van der Waals surface area (Å²) in [6.45, 7) is 1.66. The number of nitrogens with one attached hydrogen (secondary N) is 1. The van der Waals surface area contributed by atoms with Gasteiger partial charge in [0.05, 0.1) is 11.8 Å². The lowest BCUT2D eigenvalue weighted by atomic mass is 9.85. The van der Waals surface area contributed by atoms with E-state index in [0.717, 1.165) is 21.7 Å². The maximum atomic E-state index is 13.0. The van der Waals surface area contributed by atoms with Gasteiger partial charge in [0, 0.05) is 11.8 Å². The van der Waals surface area contributed by atoms with Gasteiger partial charge in [0.15, 0.2) is 0 Å². The molecule has 156 valence electrons. The van der Waals surface area contributed by atoms with Gasteiger partial charge < -0.3 is 5.32 Å². The van der Waals surface area contributed by atoms with E-state index in [0.29, 0.717) is 24.4 Å². The average Bonchev–Trinajstić information content (AvgIpc) is 3.27. The van der Waals surface area contributed by atoms with Gasteiger partial charge in [-0.1, -0.05) is 48.6 Å². The molecule has 1 aliphatic carbocycles. The molecule has 31 heavy (non-hydrogen) atoms. The van der Waals surface area contributed by atoms with Crippen molar-refractivity contribution in [2.24, 2.45) is 11.8 Å². The quantitative estimate of drug-likeness (QED) is 0.525. The van der Waals surface area contributed by atoms with Gasteiger partial charge in [-0.2, -0.15) is 0 Å². The van der Waals surface area contributed by atoms with Gasteiger partial charge in [0.1, 0.15) is 23.7 Å². The third-order valence-corrected chi connectivity index (χ3v) is 6.05. The highest BCUT2D eigenvalue weighted by molar-refractivity contribution is 6.09. The van der Waals surface area contributed by atoms with Gasteiger partial charge in [-0.3, -0.25) is 23.7 Å². The number of carbonyl (C=O) groups excluding carboxylic acids is 3. The van der Waals surface area contributed by atoms with Gasteiger partial charge in [0.2, 0.25) is 17.7 Å². The number of hydrogen-bond acceptors (Lipinski definition) is 4. The fourth-order valence-electron chi connectivity index (χ4n) is 4.46. The fraction of sp³-hybridized carbons (Fsp3) is 0.250. The lowest BCUT2D eigenvalue weighted by Crippen LogP contribution is -2.38. The molecule has 7 nitrogen and oxygen atoms in total. The molecule has 3 aromatic rings. The second-order valence-electron chi connectivity index (χ2n) is 8.03. The maximum absolute atomic E-state index is 13.0. The molecule has 1 saturated heterocycles. The molecule has 1 N–H and O–H groups in total. The Morgan fingerprint density at radius 3 is 2.39 bits per heavy atom. The number of imide groups is 1. The molecule has 2 atom stereocenters. The molecular formula is C24H22N4O3. The summed E-state index contributed by atoms with van der Waals surface area (Å²) in [5.74, 6) is -1.10. The van der Waals surface area contributed by atoms with Crippen LogP contribution in [0.4, 0.5) is 5.82 Å². The average molecular weight is 414 g/mol. The number of amides is 3. The van der Waals surface area contributed by atoms with Crippen molar-refractivity contribution in [2.45, 2.75) is 19.8 Å². The minimum absolute atomic E-state index is 0.258. The van der Waals surface area contributed by atoms with Gasteiger partial charge in [-0.15, -0.1) is 0 Å². The van der Waals surface area contributed by atoms with Crippen molar-refractivity contribution in [3.63, 3.8) is 0 Å². The standard InChI is InChI=1S/C24H22N4O3/c1-15-8-7-13-27-21(15)26-20(16-9-3-2-4-10-16)22(27)25-19(29)14-28-23(30)17-11-5-6-12-18(17)24(28)31/h2-10,13,17-18H,11-12,14H2,1H3,(H,25,29)/t17-,18-/m0/s1. The SMILES string of the molecule is Cc1cccn2c(NC(=O)CN3C(=O)[C@H]4CC=CC[C@@H]4C3=O)c(-c3ccccc3)nc12. The molecule has 2 aliphatic rings. The van der Waals surface area contributed by atoms with Crippen LogP contribution in [0, 0.1) is 18.8 Å². The molecule has 1 aromatic carbocycles. The lowest BCUT2D eigenvalue weighted by Gasteiger charge is -2.15. The highest BCUT2D eigenvalue weighted by Crippen LogP contribution is 2.35. The summed E-state index contributed by atoms with van der Waals surface area (Å²) < 4.78 is 1.83. The Hall–Kier alpha value is -3.74. The van der Waals surface area contributed by atoms with E-state index < -0.39 is 5.91 Å². The number of benzene rings is 1. The Kier molecular flexibility index (Phi) is 4.66. The molecule has 0 bridgehead atoms. The number of fused-ring (bicyclic) bond motifs is 2. The van der Waals surface area contributed by atoms with E-state index in [2.05, 4.69) is 5.32 Å². The van der Waals surface area contributed by atoms with Crippen LogP contribution in [0.5, 0.6) is 0 Å². The van der Waals surface area contributed by atoms with Gasteiger partial charge in [0.25, 0.3) is 0 Å². The van der Waals surface area contributed by atoms with E-state index in [4.69, 9.17) is 4.98 Å². The number of aromatic nitrogens is 2. The number of aryl methyl sites for hydroxylation is 1. The van der Waals surface area contributed by atoms with Crippen molar-refractivity contribution in [1.29, 1.82) is 0 Å². The van der Waals surface area contributed by atoms with Crippen LogP contribution in [0.15, 0.2) is 60.8 Å². The predicted octanol–water partition coefficient (Wildman–Crippen LogP) is 3.20. The number of pyridine rings is 1. The highest BCUT2D eigenvalue weighted by Gasteiger charge is 2.47. The fourth-order valence-corrected chi connectivity index (χ4v) is 4.46. The van der Waals surface area contributed by atoms with Crippen LogP contribution >= 0.6 is 0 Å². The van der Waals surface area contributed by atoms with Crippen LogP contribution in [0.25, 0.3) is 16.9 Å². The number of nitrogens with zero attached hydrogens (tertiary/aromatic N) is 3. The molecule has 0 unspecified atom stereocenters. The first-order valence-electron chi connectivity index (χ1n) is 10.4. The first kappa shape index (κ1) is 19.2. The Balaban J connectivity index is 1.45. The largest absolute Gasteiger partial charge is 0.308 e. The molecule has 0 spiro atoms. The molecule has 3 amide bonds. The first-order valence-corrected chi connectivity index (χ1v) is 10.4. The molecular weight excluding hydrogens is 392 g/mol. The van der Waals surface area contributed by atoms with E-state index in [1.165, 1.54) is 0 Å². The van der Waals surface area contributed by atoms with Crippen molar-refractivity contribution in [1.82, 2.24) is 14.3 Å². The summed E-state index contributed by atoms with van der Waals surface area (Å²) in [4.78, 5) is 44.2. The predicted molar refractivity (Wildman–Crippen MR) is 116 cm³/mol. The van der Waals surface area contributed by atoms with Gasteiger partial charge in [-0.05, 0) is 31.4 Å². The number of allylic oxidation sites excluding steroid dienone is 2. The topological polar surface area (TPSA) is 83.8 Å². The van der Waals surface area contributed by atoms with E-state index >= 15 is 0 Å². The van der Waals surface area contributed by atoms with Crippen LogP contribution in [-0.4, -0.2) is 38.6 Å². The molecule has 7 heteroatoms. The van der Waals surface area contributed by atoms with Crippen molar-refractivity contribution >= 4 is 29.2 Å². The van der Waals surface area contributed by atoms with Crippen LogP contribution in [0.2, 0.25) is 0 Å². The summed E-state index contributed by atoms with van der Waals surface area (Å²) in [7, 11) is 0. The van der Waals surface area contributed by atoms with Crippen LogP contribution < -0.4 is 5.32 Å². The summed E-state index contributed by atoms with van der Waals surface area (Å²) >= 11 is 0. The second kappa shape index (κ2) is 7.50. The Morgan fingerprint density at radius 2 is 1.71 bits per heavy atom. The Labute approximate surface area is 179 Å². The number of carbonyl (C=O) groups is 3. The third-order valence-electron chi connectivity index (χ3n) is 6.05. The molecule has 5 rings (SSSR count). The third kappa shape index (κ3) is 3.22. The number of rotatable bonds is 4. The smallest absolute Gasteiger partial charge is 0.245 e. The summed E-state index contributed by atoms with van der Waals surface area (Å²) in [6, 6.07) is 13.4. The number of hydrogen-bond donors (Lipinski definition) is 1. The number of imidazole rings is 1. The summed E-state index contributed by atoms with van der Waals surface area (Å²) in [5.41, 5.74) is 3.22. The molecule has 3 heterocycles. The minimum Gasteiger partial charge on any atom is -0.308 e. The zero-order valence-electron chi connectivity index (χ0n) is 17.1. The normalized spacial score (nSPS) is 20.4. The maximum Gasteiger partial charge on any atom is 0.245 e. The number of likely N-dealkylation sites (tertiary alicyclic amines) is 1. The summed E-state index contributed by atoms with van der Waals surface area (Å²) in [6.07, 6.45) is 6.81. The van der Waals surface area contributed by atoms with E-state index in [1.54, 1.807) is 0 Å². The van der Waals surface area contributed by atoms with Crippen molar-refractivity contribution in [3.8, 4) is 11.3 Å². The minimum atomic E-state index is -0.422. The van der Waals surface area contributed by atoms with Crippen LogP contribution in [0.3, 0.4) is 0 Å². The van der Waals surface area contributed by atoms with E-state index in [9.17, 15) is 14.4 Å². The Bertz CT molecular complexity index is 1200. The zero-order valence-corrected chi connectivity index (χ0v) is 17.1. The van der Waals surface area contributed by atoms with Gasteiger partial charge >= 0.3 is 0 Å². The number of anilines is 1.